The molecule has 1 amide bonds. The summed E-state index contributed by atoms with van der Waals surface area (Å²) in [6, 6.07) is 9.54. The van der Waals surface area contributed by atoms with Crippen LogP contribution in [0.1, 0.15) is 20.1 Å². The first-order chi connectivity index (χ1) is 10.1. The highest BCUT2D eigenvalue weighted by Crippen LogP contribution is 2.23. The fourth-order valence-electron chi connectivity index (χ4n) is 1.73. The van der Waals surface area contributed by atoms with E-state index in [9.17, 15) is 4.79 Å². The van der Waals surface area contributed by atoms with Crippen molar-refractivity contribution in [2.75, 3.05) is 18.2 Å². The highest BCUT2D eigenvalue weighted by atomic mass is 32.2. The first kappa shape index (κ1) is 15.6. The highest BCUT2D eigenvalue weighted by molar-refractivity contribution is 7.98. The largest absolute Gasteiger partial charge is 0.384 e. The Morgan fingerprint density at radius 3 is 2.95 bits per heavy atom. The van der Waals surface area contributed by atoms with Gasteiger partial charge in [-0.1, -0.05) is 17.9 Å². The summed E-state index contributed by atoms with van der Waals surface area (Å²) in [5.41, 5.74) is 1.73. The van der Waals surface area contributed by atoms with Crippen LogP contribution >= 0.6 is 23.1 Å². The smallest absolute Gasteiger partial charge is 0.265 e. The molecule has 0 saturated carbocycles. The van der Waals surface area contributed by atoms with Crippen LogP contribution < -0.4 is 5.32 Å². The number of rotatable bonds is 3. The number of anilines is 1. The molecule has 0 fully saturated rings. The van der Waals surface area contributed by atoms with Crippen molar-refractivity contribution in [1.29, 1.82) is 0 Å². The molecule has 0 aliphatic rings. The second-order valence-electron chi connectivity index (χ2n) is 4.27. The molecule has 5 heteroatoms. The van der Waals surface area contributed by atoms with Crippen LogP contribution in [0.2, 0.25) is 0 Å². The molecule has 0 spiro atoms. The van der Waals surface area contributed by atoms with E-state index in [-0.39, 0.29) is 12.5 Å². The van der Waals surface area contributed by atoms with E-state index in [1.165, 1.54) is 11.3 Å². The van der Waals surface area contributed by atoms with Crippen LogP contribution in [0.4, 0.5) is 5.69 Å². The number of hydrogen-bond donors (Lipinski definition) is 2. The molecule has 0 unspecified atom stereocenters. The molecule has 1 aromatic heterocycles. The molecule has 0 saturated heterocycles. The molecular weight excluding hydrogens is 302 g/mol. The number of aliphatic hydroxyl groups is 1. The van der Waals surface area contributed by atoms with E-state index in [0.717, 1.165) is 21.0 Å². The van der Waals surface area contributed by atoms with E-state index in [2.05, 4.69) is 17.2 Å². The molecule has 1 aromatic carbocycles. The zero-order valence-corrected chi connectivity index (χ0v) is 13.4. The maximum absolute atomic E-state index is 12.2. The third-order valence-electron chi connectivity index (χ3n) is 2.75. The summed E-state index contributed by atoms with van der Waals surface area (Å²) in [5.74, 6) is 5.32. The summed E-state index contributed by atoms with van der Waals surface area (Å²) in [6.07, 6.45) is 2.00. The van der Waals surface area contributed by atoms with Gasteiger partial charge in [-0.25, -0.2) is 0 Å². The number of thioether (sulfide) groups is 1. The Morgan fingerprint density at radius 1 is 1.43 bits per heavy atom. The maximum Gasteiger partial charge on any atom is 0.265 e. The average molecular weight is 317 g/mol. The lowest BCUT2D eigenvalue weighted by molar-refractivity contribution is 0.103. The Hall–Kier alpha value is -1.74. The van der Waals surface area contributed by atoms with Gasteiger partial charge in [-0.15, -0.1) is 23.1 Å². The Morgan fingerprint density at radius 2 is 2.24 bits per heavy atom. The van der Waals surface area contributed by atoms with Gasteiger partial charge in [0.2, 0.25) is 0 Å². The van der Waals surface area contributed by atoms with Crippen LogP contribution in [0.25, 0.3) is 0 Å². The van der Waals surface area contributed by atoms with E-state index in [1.807, 2.05) is 43.5 Å². The molecule has 0 bridgehead atoms. The van der Waals surface area contributed by atoms with Gasteiger partial charge in [0.1, 0.15) is 6.61 Å². The van der Waals surface area contributed by atoms with Gasteiger partial charge < -0.3 is 10.4 Å². The van der Waals surface area contributed by atoms with Gasteiger partial charge in [0.25, 0.3) is 5.91 Å². The van der Waals surface area contributed by atoms with Gasteiger partial charge in [0.05, 0.1) is 9.75 Å². The van der Waals surface area contributed by atoms with Gasteiger partial charge in [-0.05, 0) is 43.0 Å². The molecule has 2 aromatic rings. The number of nitrogens with one attached hydrogen (secondary N) is 1. The summed E-state index contributed by atoms with van der Waals surface area (Å²) in [5, 5.41) is 11.6. The molecule has 0 aliphatic heterocycles. The average Bonchev–Trinajstić information content (AvgIpc) is 2.86. The van der Waals surface area contributed by atoms with Crippen molar-refractivity contribution in [3.05, 3.63) is 45.6 Å². The van der Waals surface area contributed by atoms with Crippen LogP contribution in [-0.4, -0.2) is 23.9 Å². The van der Waals surface area contributed by atoms with Crippen molar-refractivity contribution in [1.82, 2.24) is 0 Å². The van der Waals surface area contributed by atoms with E-state index in [0.29, 0.717) is 4.88 Å². The lowest BCUT2D eigenvalue weighted by atomic mass is 10.2. The molecule has 0 atom stereocenters. The topological polar surface area (TPSA) is 49.3 Å². The van der Waals surface area contributed by atoms with Crippen molar-refractivity contribution < 1.29 is 9.90 Å². The SMILES string of the molecule is CSc1cccc(NC(=O)c2cc(C)c(C#CCO)s2)c1. The third kappa shape index (κ3) is 4.11. The van der Waals surface area contributed by atoms with Gasteiger partial charge in [-0.3, -0.25) is 4.79 Å². The molecule has 21 heavy (non-hydrogen) atoms. The first-order valence-electron chi connectivity index (χ1n) is 6.29. The normalized spacial score (nSPS) is 9.86. The molecule has 1 heterocycles. The van der Waals surface area contributed by atoms with E-state index in [1.54, 1.807) is 11.8 Å². The van der Waals surface area contributed by atoms with Crippen LogP contribution in [0.3, 0.4) is 0 Å². The molecule has 2 rings (SSSR count). The monoisotopic (exact) mass is 317 g/mol. The fourth-order valence-corrected chi connectivity index (χ4v) is 3.13. The Bertz CT molecular complexity index is 711. The number of carbonyl (C=O) groups excluding carboxylic acids is 1. The zero-order chi connectivity index (χ0) is 15.2. The highest BCUT2D eigenvalue weighted by Gasteiger charge is 2.12. The van der Waals surface area contributed by atoms with Crippen LogP contribution in [-0.2, 0) is 0 Å². The molecule has 2 N–H and O–H groups in total. The second-order valence-corrected chi connectivity index (χ2v) is 6.20. The lowest BCUT2D eigenvalue weighted by Gasteiger charge is -2.04. The Balaban J connectivity index is 2.16. The second kappa shape index (κ2) is 7.32. The van der Waals surface area contributed by atoms with Crippen molar-refractivity contribution >= 4 is 34.7 Å². The van der Waals surface area contributed by atoms with Crippen molar-refractivity contribution in [3.8, 4) is 11.8 Å². The van der Waals surface area contributed by atoms with Crippen LogP contribution in [0.15, 0.2) is 35.2 Å². The standard InChI is InChI=1S/C16H15NO2S2/c1-11-9-15(21-14(11)7-4-8-18)16(19)17-12-5-3-6-13(10-12)20-2/h3,5-6,9-10,18H,8H2,1-2H3,(H,17,19). The predicted molar refractivity (Wildman–Crippen MR) is 89.2 cm³/mol. The predicted octanol–water partition coefficient (Wildman–Crippen LogP) is 3.37. The number of hydrogen-bond acceptors (Lipinski definition) is 4. The first-order valence-corrected chi connectivity index (χ1v) is 8.33. The zero-order valence-electron chi connectivity index (χ0n) is 11.8. The van der Waals surface area contributed by atoms with E-state index in [4.69, 9.17) is 5.11 Å². The van der Waals surface area contributed by atoms with Crippen molar-refractivity contribution in [2.45, 2.75) is 11.8 Å². The number of carbonyl (C=O) groups is 1. The van der Waals surface area contributed by atoms with Crippen molar-refractivity contribution in [2.24, 2.45) is 0 Å². The number of benzene rings is 1. The summed E-state index contributed by atoms with van der Waals surface area (Å²) in [7, 11) is 0. The number of thiophene rings is 1. The lowest BCUT2D eigenvalue weighted by Crippen LogP contribution is -2.09. The molecule has 0 aliphatic carbocycles. The maximum atomic E-state index is 12.2. The van der Waals surface area contributed by atoms with Gasteiger partial charge in [0, 0.05) is 10.6 Å². The molecule has 0 radical (unpaired) electrons. The number of aliphatic hydroxyl groups excluding tert-OH is 1. The summed E-state index contributed by atoms with van der Waals surface area (Å²) < 4.78 is 0. The van der Waals surface area contributed by atoms with Gasteiger partial charge in [0.15, 0.2) is 0 Å². The fraction of sp³-hybridized carbons (Fsp3) is 0.188. The molecule has 108 valence electrons. The van der Waals surface area contributed by atoms with Crippen molar-refractivity contribution in [3.63, 3.8) is 0 Å². The number of aryl methyl sites for hydroxylation is 1. The summed E-state index contributed by atoms with van der Waals surface area (Å²) >= 11 is 2.97. The Kier molecular flexibility index (Phi) is 5.45. The van der Waals surface area contributed by atoms with E-state index >= 15 is 0 Å². The molecule has 3 nitrogen and oxygen atoms in total. The number of amides is 1. The quantitative estimate of drug-likeness (QED) is 0.674. The summed E-state index contributed by atoms with van der Waals surface area (Å²) in [6.45, 7) is 1.73. The minimum Gasteiger partial charge on any atom is -0.384 e. The minimum atomic E-state index is -0.180. The molecular formula is C16H15NO2S2. The van der Waals surface area contributed by atoms with Crippen LogP contribution in [0, 0.1) is 18.8 Å². The van der Waals surface area contributed by atoms with Gasteiger partial charge in [-0.2, -0.15) is 0 Å². The van der Waals surface area contributed by atoms with Crippen LogP contribution in [0.5, 0.6) is 0 Å². The third-order valence-corrected chi connectivity index (χ3v) is 4.63. The van der Waals surface area contributed by atoms with Gasteiger partial charge >= 0.3 is 0 Å². The summed E-state index contributed by atoms with van der Waals surface area (Å²) in [4.78, 5) is 14.8. The Labute approximate surface area is 132 Å². The minimum absolute atomic E-state index is 0.140. The van der Waals surface area contributed by atoms with E-state index < -0.39 is 0 Å².